The third-order valence-corrected chi connectivity index (χ3v) is 4.63. The van der Waals surface area contributed by atoms with Gasteiger partial charge in [-0.3, -0.25) is 0 Å². The molecule has 18 heavy (non-hydrogen) atoms. The first-order valence-corrected chi connectivity index (χ1v) is 7.73. The molecule has 0 aliphatic carbocycles. The molecule has 0 aliphatic rings. The summed E-state index contributed by atoms with van der Waals surface area (Å²) in [6.45, 7) is 0. The van der Waals surface area contributed by atoms with Crippen LogP contribution in [0.3, 0.4) is 0 Å². The highest BCUT2D eigenvalue weighted by Gasteiger charge is 2.48. The first kappa shape index (κ1) is 15.2. The number of sulfone groups is 1. The first-order chi connectivity index (χ1) is 7.89. The number of hydrogen-bond acceptors (Lipinski definition) is 4. The average Bonchev–Trinajstić information content (AvgIpc) is 2.13. The molecular formula is C7H3ClF4O4S2. The van der Waals surface area contributed by atoms with Crippen LogP contribution in [0.25, 0.3) is 0 Å². The Hall–Kier alpha value is -0.870. The van der Waals surface area contributed by atoms with Gasteiger partial charge in [-0.1, -0.05) is 6.07 Å². The monoisotopic (exact) mass is 326 g/mol. The zero-order valence-corrected chi connectivity index (χ0v) is 10.5. The van der Waals surface area contributed by atoms with Gasteiger partial charge >= 0.3 is 5.51 Å². The predicted octanol–water partition coefficient (Wildman–Crippen LogP) is 2.05. The molecule has 0 N–H and O–H groups in total. The lowest BCUT2D eigenvalue weighted by Crippen LogP contribution is -2.24. The largest absolute Gasteiger partial charge is 0.502 e. The second kappa shape index (κ2) is 4.35. The van der Waals surface area contributed by atoms with Crippen molar-refractivity contribution in [1.29, 1.82) is 0 Å². The molecule has 0 bridgehead atoms. The minimum Gasteiger partial charge on any atom is -0.214 e. The minimum absolute atomic E-state index is 0.295. The summed E-state index contributed by atoms with van der Waals surface area (Å²) in [6, 6.07) is 1.48. The van der Waals surface area contributed by atoms with Crippen LogP contribution in [-0.2, 0) is 18.9 Å². The van der Waals surface area contributed by atoms with Crippen molar-refractivity contribution in [3.63, 3.8) is 0 Å². The highest BCUT2D eigenvalue weighted by Crippen LogP contribution is 2.33. The average molecular weight is 327 g/mol. The molecule has 0 saturated heterocycles. The van der Waals surface area contributed by atoms with Crippen molar-refractivity contribution in [3.8, 4) is 0 Å². The van der Waals surface area contributed by atoms with E-state index < -0.39 is 40.0 Å². The molecular weight excluding hydrogens is 324 g/mol. The van der Waals surface area contributed by atoms with Gasteiger partial charge in [0.25, 0.3) is 18.9 Å². The van der Waals surface area contributed by atoms with Gasteiger partial charge in [-0.25, -0.2) is 21.2 Å². The van der Waals surface area contributed by atoms with Crippen LogP contribution in [0.4, 0.5) is 17.6 Å². The van der Waals surface area contributed by atoms with Crippen molar-refractivity contribution < 1.29 is 34.4 Å². The summed E-state index contributed by atoms with van der Waals surface area (Å²) in [6.07, 6.45) is 0. The normalized spacial score (nSPS) is 13.6. The summed E-state index contributed by atoms with van der Waals surface area (Å²) in [4.78, 5) is -3.13. The van der Waals surface area contributed by atoms with Gasteiger partial charge in [0, 0.05) is 10.7 Å². The Morgan fingerprint density at radius 3 is 1.83 bits per heavy atom. The molecule has 4 nitrogen and oxygen atoms in total. The maximum atomic E-state index is 13.5. The lowest BCUT2D eigenvalue weighted by molar-refractivity contribution is -0.0438. The zero-order chi connectivity index (χ0) is 14.4. The van der Waals surface area contributed by atoms with E-state index in [1.807, 2.05) is 0 Å². The lowest BCUT2D eigenvalue weighted by atomic mass is 10.3. The van der Waals surface area contributed by atoms with E-state index >= 15 is 0 Å². The van der Waals surface area contributed by atoms with Crippen LogP contribution in [0.1, 0.15) is 0 Å². The fraction of sp³-hybridized carbons (Fsp3) is 0.143. The Kier molecular flexibility index (Phi) is 3.67. The van der Waals surface area contributed by atoms with Crippen LogP contribution in [0.15, 0.2) is 28.0 Å². The Morgan fingerprint density at radius 2 is 1.44 bits per heavy atom. The lowest BCUT2D eigenvalue weighted by Gasteiger charge is -2.10. The smallest absolute Gasteiger partial charge is 0.214 e. The first-order valence-electron chi connectivity index (χ1n) is 3.93. The molecule has 0 atom stereocenters. The van der Waals surface area contributed by atoms with Crippen LogP contribution in [0.2, 0.25) is 0 Å². The molecule has 0 unspecified atom stereocenters. The second-order valence-electron chi connectivity index (χ2n) is 2.96. The second-order valence-corrected chi connectivity index (χ2v) is 7.40. The maximum Gasteiger partial charge on any atom is 0.502 e. The molecule has 1 rings (SSSR count). The number of alkyl halides is 3. The third-order valence-electron chi connectivity index (χ3n) is 1.78. The van der Waals surface area contributed by atoms with Crippen LogP contribution in [-0.4, -0.2) is 22.3 Å². The number of hydrogen-bond donors (Lipinski definition) is 0. The predicted molar refractivity (Wildman–Crippen MR) is 52.7 cm³/mol. The van der Waals surface area contributed by atoms with E-state index in [1.54, 1.807) is 0 Å². The van der Waals surface area contributed by atoms with Crippen molar-refractivity contribution in [2.24, 2.45) is 0 Å². The Morgan fingerprint density at radius 1 is 1.00 bits per heavy atom. The molecule has 1 aromatic carbocycles. The van der Waals surface area contributed by atoms with Crippen LogP contribution in [0, 0.1) is 5.82 Å². The van der Waals surface area contributed by atoms with Gasteiger partial charge in [-0.15, -0.1) is 0 Å². The van der Waals surface area contributed by atoms with E-state index in [4.69, 9.17) is 10.7 Å². The quantitative estimate of drug-likeness (QED) is 0.616. The van der Waals surface area contributed by atoms with Gasteiger partial charge in [-0.2, -0.15) is 13.2 Å². The van der Waals surface area contributed by atoms with Crippen molar-refractivity contribution in [2.45, 2.75) is 15.3 Å². The van der Waals surface area contributed by atoms with Crippen molar-refractivity contribution in [2.75, 3.05) is 0 Å². The molecule has 0 amide bonds. The molecule has 102 valence electrons. The molecule has 0 aliphatic heterocycles. The van der Waals surface area contributed by atoms with Crippen molar-refractivity contribution in [3.05, 3.63) is 24.0 Å². The number of benzene rings is 1. The maximum absolute atomic E-state index is 13.5. The van der Waals surface area contributed by atoms with Gasteiger partial charge in [0.2, 0.25) is 0 Å². The molecule has 0 heterocycles. The summed E-state index contributed by atoms with van der Waals surface area (Å²) in [5.41, 5.74) is -5.75. The van der Waals surface area contributed by atoms with Gasteiger partial charge in [0.05, 0.1) is 0 Å². The molecule has 0 fully saturated rings. The summed E-state index contributed by atoms with van der Waals surface area (Å²) >= 11 is 0. The third kappa shape index (κ3) is 2.59. The molecule has 0 spiro atoms. The molecule has 1 aromatic rings. The number of halogens is 5. The summed E-state index contributed by atoms with van der Waals surface area (Å²) in [5.74, 6) is -2.06. The van der Waals surface area contributed by atoms with E-state index in [0.29, 0.717) is 18.2 Å². The fourth-order valence-corrected chi connectivity index (χ4v) is 2.85. The Balaban J connectivity index is 3.68. The van der Waals surface area contributed by atoms with E-state index in [9.17, 15) is 34.4 Å². The highest BCUT2D eigenvalue weighted by molar-refractivity contribution is 8.13. The van der Waals surface area contributed by atoms with Crippen LogP contribution < -0.4 is 0 Å². The Labute approximate surface area is 104 Å². The van der Waals surface area contributed by atoms with Crippen molar-refractivity contribution in [1.82, 2.24) is 0 Å². The minimum atomic E-state index is -5.99. The van der Waals surface area contributed by atoms with Crippen LogP contribution >= 0.6 is 10.7 Å². The summed E-state index contributed by atoms with van der Waals surface area (Å²) in [5, 5.41) is 0. The zero-order valence-electron chi connectivity index (χ0n) is 8.07. The highest BCUT2D eigenvalue weighted by atomic mass is 35.7. The fourth-order valence-electron chi connectivity index (χ4n) is 1.01. The number of rotatable bonds is 2. The molecule has 0 saturated carbocycles. The van der Waals surface area contributed by atoms with E-state index in [1.165, 1.54) is 0 Å². The van der Waals surface area contributed by atoms with Crippen LogP contribution in [0.5, 0.6) is 0 Å². The van der Waals surface area contributed by atoms with Gasteiger partial charge in [0.1, 0.15) is 9.79 Å². The van der Waals surface area contributed by atoms with E-state index in [0.717, 1.165) is 0 Å². The van der Waals surface area contributed by atoms with Crippen molar-refractivity contribution >= 4 is 29.6 Å². The van der Waals surface area contributed by atoms with E-state index in [2.05, 4.69) is 0 Å². The molecule has 0 aromatic heterocycles. The van der Waals surface area contributed by atoms with Gasteiger partial charge in [-0.05, 0) is 12.1 Å². The van der Waals surface area contributed by atoms with Gasteiger partial charge in [0.15, 0.2) is 5.82 Å². The SMILES string of the molecule is O=S(=O)(Cl)c1cccc(S(=O)(=O)C(F)(F)F)c1F. The molecule has 0 radical (unpaired) electrons. The molecule has 11 heteroatoms. The topological polar surface area (TPSA) is 68.3 Å². The Bertz CT molecular complexity index is 678. The van der Waals surface area contributed by atoms with Gasteiger partial charge < -0.3 is 0 Å². The summed E-state index contributed by atoms with van der Waals surface area (Å²) in [7, 11) is -5.93. The van der Waals surface area contributed by atoms with E-state index in [-0.39, 0.29) is 0 Å². The standard InChI is InChI=1S/C7H3ClF4O4S2/c8-18(15,16)5-3-1-2-4(6(5)9)17(13,14)7(10,11)12/h1-3H. The summed E-state index contributed by atoms with van der Waals surface area (Å²) < 4.78 is 93.6.